The van der Waals surface area contributed by atoms with E-state index in [1.807, 2.05) is 12.2 Å². The first kappa shape index (κ1) is 23.9. The van der Waals surface area contributed by atoms with Crippen molar-refractivity contribution in [2.75, 3.05) is 6.54 Å². The van der Waals surface area contributed by atoms with Gasteiger partial charge in [-0.15, -0.1) is 0 Å². The molecule has 2 aromatic carbocycles. The Balaban J connectivity index is 2.04. The number of aromatic hydroxyl groups is 1. The molecule has 2 aromatic rings. The second kappa shape index (κ2) is 11.7. The maximum absolute atomic E-state index is 13.5. The van der Waals surface area contributed by atoms with Gasteiger partial charge in [-0.05, 0) is 41.3 Å². The molecule has 0 amide bonds. The Bertz CT molecular complexity index is 959. The van der Waals surface area contributed by atoms with Gasteiger partial charge in [-0.1, -0.05) is 74.1 Å². The highest BCUT2D eigenvalue weighted by Crippen LogP contribution is 2.25. The van der Waals surface area contributed by atoms with Crippen LogP contribution in [0.2, 0.25) is 0 Å². The Hall–Kier alpha value is -3.35. The van der Waals surface area contributed by atoms with Crippen molar-refractivity contribution in [3.05, 3.63) is 84.2 Å². The van der Waals surface area contributed by atoms with E-state index in [4.69, 9.17) is 0 Å². The van der Waals surface area contributed by atoms with E-state index in [1.54, 1.807) is 42.5 Å². The quantitative estimate of drug-likeness (QED) is 0.154. The van der Waals surface area contributed by atoms with Crippen molar-refractivity contribution >= 4 is 11.8 Å². The minimum atomic E-state index is -4.60. The number of nitrogens with zero attached hydrogens (tertiary/aromatic N) is 1. The summed E-state index contributed by atoms with van der Waals surface area (Å²) in [5.41, 5.74) is 3.09. The fourth-order valence-corrected chi connectivity index (χ4v) is 2.52. The van der Waals surface area contributed by atoms with Gasteiger partial charge in [0, 0.05) is 0 Å². The minimum absolute atomic E-state index is 0.168. The maximum atomic E-state index is 13.5. The number of phenolic OH excluding ortho intramolecular Hbond substituents is 1. The summed E-state index contributed by atoms with van der Waals surface area (Å²) in [6.07, 6.45) is 6.84. The van der Waals surface area contributed by atoms with Crippen LogP contribution in [0.15, 0.2) is 77.9 Å². The highest BCUT2D eigenvalue weighted by atomic mass is 19.4. The number of hydrogen-bond acceptors (Lipinski definition) is 3. The lowest BCUT2D eigenvalue weighted by Crippen LogP contribution is -2.24. The maximum Gasteiger partial charge on any atom is 0.435 e. The lowest BCUT2D eigenvalue weighted by Gasteiger charge is -2.07. The van der Waals surface area contributed by atoms with Crippen LogP contribution in [-0.4, -0.2) is 23.5 Å². The highest BCUT2D eigenvalue weighted by molar-refractivity contribution is 6.02. The molecule has 0 saturated heterocycles. The Morgan fingerprint density at radius 2 is 1.71 bits per heavy atom. The largest absolute Gasteiger partial charge is 0.505 e. The Kier molecular flexibility index (Phi) is 9.06. The smallest absolute Gasteiger partial charge is 0.435 e. The summed E-state index contributed by atoms with van der Waals surface area (Å²) in [5, 5.41) is 12.7. The fraction of sp³-hybridized carbons (Fsp3) is 0.208. The lowest BCUT2D eigenvalue weighted by molar-refractivity contribution is -0.0580. The minimum Gasteiger partial charge on any atom is -0.505 e. The van der Waals surface area contributed by atoms with Gasteiger partial charge in [0.25, 0.3) is 0 Å². The van der Waals surface area contributed by atoms with E-state index in [0.717, 1.165) is 18.9 Å². The van der Waals surface area contributed by atoms with Crippen molar-refractivity contribution < 1.29 is 22.7 Å². The van der Waals surface area contributed by atoms with Gasteiger partial charge in [-0.3, -0.25) is 0 Å². The highest BCUT2D eigenvalue weighted by Gasteiger charge is 2.34. The normalized spacial score (nSPS) is 13.0. The monoisotopic (exact) mass is 432 g/mol. The number of unbranched alkanes of at least 4 members (excludes halogenated alkanes) is 1. The molecular formula is C24H24F4N2O. The number of benzene rings is 2. The molecule has 2 rings (SSSR count). The van der Waals surface area contributed by atoms with Crippen molar-refractivity contribution in [1.29, 1.82) is 0 Å². The van der Waals surface area contributed by atoms with Crippen molar-refractivity contribution in [2.24, 2.45) is 5.10 Å². The number of allylic oxidation sites excluding steroid dienone is 4. The Labute approximate surface area is 179 Å². The average molecular weight is 432 g/mol. The predicted molar refractivity (Wildman–Crippen MR) is 117 cm³/mol. The first-order valence-electron chi connectivity index (χ1n) is 9.77. The number of phenols is 1. The van der Waals surface area contributed by atoms with E-state index in [1.165, 1.54) is 18.2 Å². The van der Waals surface area contributed by atoms with Gasteiger partial charge >= 0.3 is 6.18 Å². The summed E-state index contributed by atoms with van der Waals surface area (Å²) in [6.45, 7) is 2.23. The molecule has 2 N–H and O–H groups in total. The van der Waals surface area contributed by atoms with E-state index >= 15 is 0 Å². The van der Waals surface area contributed by atoms with E-state index in [0.29, 0.717) is 16.7 Å². The molecule has 0 bridgehead atoms. The zero-order valence-electron chi connectivity index (χ0n) is 17.0. The molecular weight excluding hydrogens is 408 g/mol. The Morgan fingerprint density at radius 3 is 2.35 bits per heavy atom. The van der Waals surface area contributed by atoms with Gasteiger partial charge in [0.1, 0.15) is 0 Å². The number of alkyl halides is 3. The molecule has 7 heteroatoms. The van der Waals surface area contributed by atoms with Crippen LogP contribution in [0.1, 0.15) is 25.3 Å². The van der Waals surface area contributed by atoms with E-state index in [9.17, 15) is 22.7 Å². The van der Waals surface area contributed by atoms with Crippen molar-refractivity contribution in [1.82, 2.24) is 5.43 Å². The topological polar surface area (TPSA) is 44.6 Å². The third kappa shape index (κ3) is 8.12. The zero-order valence-corrected chi connectivity index (χ0v) is 17.0. The predicted octanol–water partition coefficient (Wildman–Crippen LogP) is 6.63. The molecule has 0 spiro atoms. The molecule has 0 aliphatic carbocycles. The standard InChI is InChI=1S/C24H24F4N2O/c1-2-3-4-5-6-7-16-29-30-23(24(26,27)28)15-10-18-8-11-19(12-9-18)20-13-14-22(31)21(25)17-20/h4-15,17,29,31H,2-3,16H2,1H3/b5-4-,7-6-,15-10+,30-23+. The SMILES string of the molecule is CCC/C=C\C=C/CN/N=C(\C=C\c1ccc(-c2ccc(O)c(F)c2)cc1)C(F)(F)F. The molecule has 0 atom stereocenters. The molecule has 0 aromatic heterocycles. The van der Waals surface area contributed by atoms with Crippen LogP contribution < -0.4 is 5.43 Å². The van der Waals surface area contributed by atoms with Gasteiger partial charge in [-0.2, -0.15) is 18.3 Å². The summed E-state index contributed by atoms with van der Waals surface area (Å²) in [7, 11) is 0. The van der Waals surface area contributed by atoms with Gasteiger partial charge in [-0.25, -0.2) is 4.39 Å². The van der Waals surface area contributed by atoms with Crippen LogP contribution in [-0.2, 0) is 0 Å². The fourth-order valence-electron chi connectivity index (χ4n) is 2.52. The van der Waals surface area contributed by atoms with Crippen molar-refractivity contribution in [3.63, 3.8) is 0 Å². The van der Waals surface area contributed by atoms with Crippen molar-refractivity contribution in [2.45, 2.75) is 25.9 Å². The molecule has 0 radical (unpaired) electrons. The average Bonchev–Trinajstić information content (AvgIpc) is 2.73. The molecule has 0 aliphatic rings. The number of rotatable bonds is 9. The van der Waals surface area contributed by atoms with Gasteiger partial charge < -0.3 is 10.5 Å². The molecule has 0 unspecified atom stereocenters. The number of hydrogen-bond donors (Lipinski definition) is 2. The van der Waals surface area contributed by atoms with Gasteiger partial charge in [0.05, 0.1) is 6.54 Å². The lowest BCUT2D eigenvalue weighted by atomic mass is 10.0. The molecule has 0 fully saturated rings. The van der Waals surface area contributed by atoms with Gasteiger partial charge in [0.2, 0.25) is 0 Å². The van der Waals surface area contributed by atoms with Crippen molar-refractivity contribution in [3.8, 4) is 16.9 Å². The van der Waals surface area contributed by atoms with E-state index in [-0.39, 0.29) is 6.54 Å². The van der Waals surface area contributed by atoms with Crippen LogP contribution in [0.25, 0.3) is 17.2 Å². The molecule has 0 saturated carbocycles. The number of nitrogens with one attached hydrogen (secondary N) is 1. The number of halogens is 4. The second-order valence-corrected chi connectivity index (χ2v) is 6.62. The first-order chi connectivity index (χ1) is 14.8. The van der Waals surface area contributed by atoms with Crippen LogP contribution >= 0.6 is 0 Å². The molecule has 31 heavy (non-hydrogen) atoms. The van der Waals surface area contributed by atoms with E-state index < -0.39 is 23.5 Å². The third-order valence-electron chi connectivity index (χ3n) is 4.16. The molecule has 3 nitrogen and oxygen atoms in total. The zero-order chi connectivity index (χ0) is 22.7. The summed E-state index contributed by atoms with van der Waals surface area (Å²) in [4.78, 5) is 0. The summed E-state index contributed by atoms with van der Waals surface area (Å²) < 4.78 is 53.0. The van der Waals surface area contributed by atoms with Crippen LogP contribution in [0.4, 0.5) is 17.6 Å². The first-order valence-corrected chi connectivity index (χ1v) is 9.77. The van der Waals surface area contributed by atoms with Crippen LogP contribution in [0.3, 0.4) is 0 Å². The van der Waals surface area contributed by atoms with E-state index in [2.05, 4.69) is 17.5 Å². The Morgan fingerprint density at radius 1 is 1.03 bits per heavy atom. The summed E-state index contributed by atoms with van der Waals surface area (Å²) in [6, 6.07) is 10.5. The molecule has 0 aliphatic heterocycles. The summed E-state index contributed by atoms with van der Waals surface area (Å²) >= 11 is 0. The molecule has 164 valence electrons. The molecule has 0 heterocycles. The van der Waals surface area contributed by atoms with Crippen LogP contribution in [0.5, 0.6) is 5.75 Å². The number of hydrazone groups is 1. The van der Waals surface area contributed by atoms with Gasteiger partial charge in [0.15, 0.2) is 17.3 Å². The third-order valence-corrected chi connectivity index (χ3v) is 4.16. The van der Waals surface area contributed by atoms with Crippen LogP contribution in [0, 0.1) is 5.82 Å². The summed E-state index contributed by atoms with van der Waals surface area (Å²) in [5.74, 6) is -1.19. The second-order valence-electron chi connectivity index (χ2n) is 6.62.